The normalized spacial score (nSPS) is 9.93. The standard InChI is InChI=1S/C10H13BrN2O2/c1-5-4-7(10(14)13-12)9(15-3)8(11)6(5)2/h4H,12H2,1-3H3,(H,13,14). The van der Waals surface area contributed by atoms with Crippen molar-refractivity contribution in [1.29, 1.82) is 0 Å². The molecule has 0 saturated carbocycles. The van der Waals surface area contributed by atoms with Gasteiger partial charge in [0.05, 0.1) is 17.1 Å². The molecule has 0 spiro atoms. The van der Waals surface area contributed by atoms with Crippen molar-refractivity contribution in [1.82, 2.24) is 5.43 Å². The summed E-state index contributed by atoms with van der Waals surface area (Å²) >= 11 is 3.39. The van der Waals surface area contributed by atoms with Gasteiger partial charge < -0.3 is 4.74 Å². The summed E-state index contributed by atoms with van der Waals surface area (Å²) in [6.07, 6.45) is 0. The van der Waals surface area contributed by atoms with Crippen LogP contribution in [0.5, 0.6) is 5.75 Å². The molecule has 4 nitrogen and oxygen atoms in total. The van der Waals surface area contributed by atoms with Gasteiger partial charge in [0.1, 0.15) is 5.75 Å². The Hall–Kier alpha value is -1.07. The molecular weight excluding hydrogens is 260 g/mol. The van der Waals surface area contributed by atoms with E-state index in [1.807, 2.05) is 13.8 Å². The Kier molecular flexibility index (Phi) is 3.71. The molecule has 0 aliphatic heterocycles. The molecule has 0 radical (unpaired) electrons. The quantitative estimate of drug-likeness (QED) is 0.489. The highest BCUT2D eigenvalue weighted by Gasteiger charge is 2.17. The van der Waals surface area contributed by atoms with Gasteiger partial charge in [-0.3, -0.25) is 10.2 Å². The van der Waals surface area contributed by atoms with Gasteiger partial charge in [-0.25, -0.2) is 5.84 Å². The summed E-state index contributed by atoms with van der Waals surface area (Å²) in [5, 5.41) is 0. The van der Waals surface area contributed by atoms with Crippen molar-refractivity contribution in [2.75, 3.05) is 7.11 Å². The minimum absolute atomic E-state index is 0.365. The maximum atomic E-state index is 11.5. The monoisotopic (exact) mass is 272 g/mol. The minimum atomic E-state index is -0.365. The van der Waals surface area contributed by atoms with E-state index in [4.69, 9.17) is 10.6 Å². The predicted molar refractivity (Wildman–Crippen MR) is 61.8 cm³/mol. The summed E-state index contributed by atoms with van der Waals surface area (Å²) in [7, 11) is 1.52. The van der Waals surface area contributed by atoms with Crippen LogP contribution in [0.25, 0.3) is 0 Å². The number of nitrogens with one attached hydrogen (secondary N) is 1. The molecule has 1 aromatic carbocycles. The molecule has 15 heavy (non-hydrogen) atoms. The number of carbonyl (C=O) groups is 1. The predicted octanol–water partition coefficient (Wildman–Crippen LogP) is 1.68. The lowest BCUT2D eigenvalue weighted by atomic mass is 10.0. The van der Waals surface area contributed by atoms with Gasteiger partial charge >= 0.3 is 0 Å². The maximum Gasteiger partial charge on any atom is 0.268 e. The van der Waals surface area contributed by atoms with E-state index in [1.54, 1.807) is 6.07 Å². The van der Waals surface area contributed by atoms with Crippen LogP contribution in [-0.2, 0) is 0 Å². The van der Waals surface area contributed by atoms with E-state index in [9.17, 15) is 4.79 Å². The van der Waals surface area contributed by atoms with Crippen molar-refractivity contribution >= 4 is 21.8 Å². The number of ether oxygens (including phenoxy) is 1. The summed E-state index contributed by atoms with van der Waals surface area (Å²) in [4.78, 5) is 11.5. The number of rotatable bonds is 2. The van der Waals surface area contributed by atoms with E-state index in [2.05, 4.69) is 21.4 Å². The Bertz CT molecular complexity index is 405. The maximum absolute atomic E-state index is 11.5. The first-order chi connectivity index (χ1) is 7.02. The number of aryl methyl sites for hydroxylation is 1. The fourth-order valence-corrected chi connectivity index (χ4v) is 1.99. The molecule has 0 aliphatic rings. The molecular formula is C10H13BrN2O2. The van der Waals surface area contributed by atoms with Crippen LogP contribution in [0.4, 0.5) is 0 Å². The van der Waals surface area contributed by atoms with E-state index >= 15 is 0 Å². The van der Waals surface area contributed by atoms with E-state index < -0.39 is 0 Å². The zero-order chi connectivity index (χ0) is 11.6. The average molecular weight is 273 g/mol. The third-order valence-electron chi connectivity index (χ3n) is 2.31. The second-order valence-corrected chi connectivity index (χ2v) is 3.98. The number of hydrogen-bond donors (Lipinski definition) is 2. The molecule has 3 N–H and O–H groups in total. The molecule has 0 aliphatic carbocycles. The lowest BCUT2D eigenvalue weighted by Crippen LogP contribution is -2.30. The van der Waals surface area contributed by atoms with Crippen LogP contribution < -0.4 is 16.0 Å². The smallest absolute Gasteiger partial charge is 0.268 e. The van der Waals surface area contributed by atoms with Crippen molar-refractivity contribution < 1.29 is 9.53 Å². The number of hydrogen-bond acceptors (Lipinski definition) is 3. The second-order valence-electron chi connectivity index (χ2n) is 3.19. The third-order valence-corrected chi connectivity index (χ3v) is 3.26. The number of hydrazine groups is 1. The number of halogens is 1. The highest BCUT2D eigenvalue weighted by atomic mass is 79.9. The van der Waals surface area contributed by atoms with Crippen LogP contribution in [0.15, 0.2) is 10.5 Å². The molecule has 0 heterocycles. The lowest BCUT2D eigenvalue weighted by Gasteiger charge is -2.13. The molecule has 0 aromatic heterocycles. The van der Waals surface area contributed by atoms with Gasteiger partial charge in [-0.05, 0) is 47.0 Å². The molecule has 1 amide bonds. The summed E-state index contributed by atoms with van der Waals surface area (Å²) in [5.74, 6) is 5.23. The van der Waals surface area contributed by atoms with E-state index in [0.29, 0.717) is 11.3 Å². The Morgan fingerprint density at radius 3 is 2.60 bits per heavy atom. The summed E-state index contributed by atoms with van der Waals surface area (Å²) in [6, 6.07) is 1.75. The molecule has 0 unspecified atom stereocenters. The van der Waals surface area contributed by atoms with Crippen LogP contribution in [0, 0.1) is 13.8 Å². The van der Waals surface area contributed by atoms with E-state index in [1.165, 1.54) is 7.11 Å². The number of carbonyl (C=O) groups excluding carboxylic acids is 1. The van der Waals surface area contributed by atoms with Crippen molar-refractivity contribution in [2.24, 2.45) is 5.84 Å². The lowest BCUT2D eigenvalue weighted by molar-refractivity contribution is 0.0950. The summed E-state index contributed by atoms with van der Waals surface area (Å²) in [6.45, 7) is 3.87. The number of benzene rings is 1. The number of amides is 1. The first-order valence-electron chi connectivity index (χ1n) is 4.37. The van der Waals surface area contributed by atoms with Gasteiger partial charge in [-0.1, -0.05) is 0 Å². The third kappa shape index (κ3) is 2.13. The molecule has 0 fully saturated rings. The molecule has 5 heteroatoms. The van der Waals surface area contributed by atoms with Gasteiger partial charge in [0.2, 0.25) is 0 Å². The van der Waals surface area contributed by atoms with E-state index in [0.717, 1.165) is 15.6 Å². The summed E-state index contributed by atoms with van der Waals surface area (Å²) < 4.78 is 5.95. The fraction of sp³-hybridized carbons (Fsp3) is 0.300. The number of nitrogen functional groups attached to an aromatic ring is 1. The first kappa shape index (κ1) is 12.0. The molecule has 0 saturated heterocycles. The van der Waals surface area contributed by atoms with Gasteiger partial charge in [-0.15, -0.1) is 0 Å². The molecule has 0 atom stereocenters. The summed E-state index contributed by atoms with van der Waals surface area (Å²) in [5.41, 5.74) is 4.56. The largest absolute Gasteiger partial charge is 0.495 e. The topological polar surface area (TPSA) is 64.3 Å². The zero-order valence-corrected chi connectivity index (χ0v) is 10.4. The van der Waals surface area contributed by atoms with Crippen molar-refractivity contribution in [3.05, 3.63) is 27.2 Å². The van der Waals surface area contributed by atoms with Crippen molar-refractivity contribution in [2.45, 2.75) is 13.8 Å². The Morgan fingerprint density at radius 1 is 1.53 bits per heavy atom. The SMILES string of the molecule is COc1c(C(=O)NN)cc(C)c(C)c1Br. The second kappa shape index (κ2) is 4.63. The average Bonchev–Trinajstić information content (AvgIpc) is 2.24. The zero-order valence-electron chi connectivity index (χ0n) is 8.85. The van der Waals surface area contributed by atoms with Gasteiger partial charge in [0.25, 0.3) is 5.91 Å². The van der Waals surface area contributed by atoms with Gasteiger partial charge in [0.15, 0.2) is 0 Å². The molecule has 1 rings (SSSR count). The van der Waals surface area contributed by atoms with Crippen LogP contribution in [0.3, 0.4) is 0 Å². The van der Waals surface area contributed by atoms with E-state index in [-0.39, 0.29) is 5.91 Å². The molecule has 1 aromatic rings. The van der Waals surface area contributed by atoms with Gasteiger partial charge in [-0.2, -0.15) is 0 Å². The van der Waals surface area contributed by atoms with Crippen molar-refractivity contribution in [3.63, 3.8) is 0 Å². The van der Waals surface area contributed by atoms with Crippen LogP contribution in [0.1, 0.15) is 21.5 Å². The Morgan fingerprint density at radius 2 is 2.13 bits per heavy atom. The fourth-order valence-electron chi connectivity index (χ4n) is 1.30. The Balaban J connectivity index is 3.45. The van der Waals surface area contributed by atoms with Crippen LogP contribution in [0.2, 0.25) is 0 Å². The molecule has 0 bridgehead atoms. The molecule has 82 valence electrons. The van der Waals surface area contributed by atoms with Crippen LogP contribution in [-0.4, -0.2) is 13.0 Å². The number of nitrogens with two attached hydrogens (primary N) is 1. The van der Waals surface area contributed by atoms with Crippen molar-refractivity contribution in [3.8, 4) is 5.75 Å². The number of methoxy groups -OCH3 is 1. The highest BCUT2D eigenvalue weighted by molar-refractivity contribution is 9.10. The van der Waals surface area contributed by atoms with Gasteiger partial charge in [0, 0.05) is 0 Å². The first-order valence-corrected chi connectivity index (χ1v) is 5.16. The highest BCUT2D eigenvalue weighted by Crippen LogP contribution is 2.34. The Labute approximate surface area is 96.9 Å². The minimum Gasteiger partial charge on any atom is -0.495 e. The van der Waals surface area contributed by atoms with Crippen LogP contribution >= 0.6 is 15.9 Å².